The Morgan fingerprint density at radius 2 is 1.83 bits per heavy atom. The molecule has 1 saturated heterocycles. The van der Waals surface area contributed by atoms with Gasteiger partial charge in [0.05, 0.1) is 12.1 Å². The highest BCUT2D eigenvalue weighted by Crippen LogP contribution is 2.28. The second-order valence-corrected chi connectivity index (χ2v) is 5.88. The van der Waals surface area contributed by atoms with Crippen molar-refractivity contribution in [2.45, 2.75) is 26.3 Å². The number of carbonyl (C=O) groups excluding carboxylic acids is 2. The molecule has 2 amide bonds. The summed E-state index contributed by atoms with van der Waals surface area (Å²) in [5.74, 6) is -2.78. The molecule has 4 nitrogen and oxygen atoms in total. The van der Waals surface area contributed by atoms with Crippen molar-refractivity contribution in [1.29, 1.82) is 0 Å². The Morgan fingerprint density at radius 3 is 2.50 bits per heavy atom. The number of hydrogen-bond acceptors (Lipinski definition) is 3. The van der Waals surface area contributed by atoms with Crippen LogP contribution in [-0.2, 0) is 9.59 Å². The van der Waals surface area contributed by atoms with Crippen LogP contribution in [0.2, 0.25) is 0 Å². The van der Waals surface area contributed by atoms with Crippen molar-refractivity contribution in [3.05, 3.63) is 59.2 Å². The van der Waals surface area contributed by atoms with Crippen molar-refractivity contribution in [3.63, 3.8) is 0 Å². The number of aryl methyl sites for hydroxylation is 2. The molecule has 0 spiro atoms. The lowest BCUT2D eigenvalue weighted by atomic mass is 10.1. The molecule has 1 heterocycles. The highest BCUT2D eigenvalue weighted by Gasteiger charge is 2.40. The highest BCUT2D eigenvalue weighted by atomic mass is 19.1. The molecule has 3 rings (SSSR count). The first-order valence-corrected chi connectivity index (χ1v) is 7.52. The topological polar surface area (TPSA) is 49.4 Å². The average Bonchev–Trinajstić information content (AvgIpc) is 2.77. The van der Waals surface area contributed by atoms with Crippen LogP contribution < -0.4 is 10.2 Å². The van der Waals surface area contributed by atoms with E-state index in [1.54, 1.807) is 0 Å². The molecule has 1 fully saturated rings. The molecule has 124 valence electrons. The molecule has 24 heavy (non-hydrogen) atoms. The van der Waals surface area contributed by atoms with Crippen LogP contribution in [0.4, 0.5) is 20.2 Å². The number of benzene rings is 2. The normalized spacial score (nSPS) is 17.5. The Balaban J connectivity index is 1.86. The smallest absolute Gasteiger partial charge is 0.256 e. The van der Waals surface area contributed by atoms with E-state index in [2.05, 4.69) is 5.32 Å². The predicted molar refractivity (Wildman–Crippen MR) is 86.8 cm³/mol. The van der Waals surface area contributed by atoms with Crippen LogP contribution in [0, 0.1) is 25.5 Å². The average molecular weight is 330 g/mol. The van der Waals surface area contributed by atoms with Crippen molar-refractivity contribution in [2.75, 3.05) is 10.2 Å². The summed E-state index contributed by atoms with van der Waals surface area (Å²) in [6.45, 7) is 3.86. The summed E-state index contributed by atoms with van der Waals surface area (Å²) in [5, 5.41) is 3.04. The van der Waals surface area contributed by atoms with Crippen molar-refractivity contribution in [3.8, 4) is 0 Å². The molecule has 1 N–H and O–H groups in total. The zero-order valence-electron chi connectivity index (χ0n) is 13.3. The van der Waals surface area contributed by atoms with Crippen LogP contribution in [0.3, 0.4) is 0 Å². The van der Waals surface area contributed by atoms with Gasteiger partial charge >= 0.3 is 0 Å². The maximum absolute atomic E-state index is 13.9. The Kier molecular flexibility index (Phi) is 4.05. The lowest BCUT2D eigenvalue weighted by molar-refractivity contribution is -0.121. The Labute approximate surface area is 138 Å². The summed E-state index contributed by atoms with van der Waals surface area (Å²) in [6, 6.07) is 7.69. The van der Waals surface area contributed by atoms with E-state index in [1.165, 1.54) is 0 Å². The van der Waals surface area contributed by atoms with Gasteiger partial charge < -0.3 is 5.32 Å². The highest BCUT2D eigenvalue weighted by molar-refractivity contribution is 6.23. The van der Waals surface area contributed by atoms with Crippen molar-refractivity contribution < 1.29 is 18.4 Å². The molecule has 1 atom stereocenters. The van der Waals surface area contributed by atoms with Gasteiger partial charge in [-0.3, -0.25) is 9.59 Å². The van der Waals surface area contributed by atoms with Crippen molar-refractivity contribution in [2.24, 2.45) is 0 Å². The maximum Gasteiger partial charge on any atom is 0.256 e. The summed E-state index contributed by atoms with van der Waals surface area (Å²) in [4.78, 5) is 25.5. The second kappa shape index (κ2) is 6.03. The van der Waals surface area contributed by atoms with Crippen LogP contribution in [-0.4, -0.2) is 17.9 Å². The first kappa shape index (κ1) is 16.1. The number of nitrogens with zero attached hydrogens (tertiary/aromatic N) is 1. The number of anilines is 2. The number of hydrogen-bond donors (Lipinski definition) is 1. The van der Waals surface area contributed by atoms with Crippen LogP contribution in [0.15, 0.2) is 36.4 Å². The zero-order chi connectivity index (χ0) is 17.4. The van der Waals surface area contributed by atoms with Gasteiger partial charge in [-0.25, -0.2) is 13.7 Å². The van der Waals surface area contributed by atoms with Gasteiger partial charge in [0, 0.05) is 11.8 Å². The standard InChI is InChI=1S/C18H16F2N2O2/c1-10-3-5-14(11(2)7-10)21-15-9-17(23)22(18(15)24)16-6-4-12(19)8-13(16)20/h3-8,15,21H,9H2,1-2H3. The van der Waals surface area contributed by atoms with E-state index >= 15 is 0 Å². The summed E-state index contributed by atoms with van der Waals surface area (Å²) in [7, 11) is 0. The van der Waals surface area contributed by atoms with Crippen LogP contribution in [0.1, 0.15) is 17.5 Å². The van der Waals surface area contributed by atoms with E-state index in [0.717, 1.165) is 33.8 Å². The number of imide groups is 1. The Bertz CT molecular complexity index is 836. The first-order valence-electron chi connectivity index (χ1n) is 7.52. The monoisotopic (exact) mass is 330 g/mol. The van der Waals surface area contributed by atoms with Crippen LogP contribution in [0.5, 0.6) is 0 Å². The fourth-order valence-corrected chi connectivity index (χ4v) is 2.82. The Hall–Kier alpha value is -2.76. The lowest BCUT2D eigenvalue weighted by Gasteiger charge is -2.17. The molecule has 1 aliphatic heterocycles. The minimum atomic E-state index is -0.941. The molecule has 0 aromatic heterocycles. The Morgan fingerprint density at radius 1 is 1.08 bits per heavy atom. The third-order valence-electron chi connectivity index (χ3n) is 4.01. The molecule has 0 radical (unpaired) electrons. The molecule has 0 bridgehead atoms. The van der Waals surface area contributed by atoms with E-state index in [4.69, 9.17) is 0 Å². The lowest BCUT2D eigenvalue weighted by Crippen LogP contribution is -2.35. The quantitative estimate of drug-likeness (QED) is 0.878. The minimum Gasteiger partial charge on any atom is -0.373 e. The molecule has 2 aromatic rings. The summed E-state index contributed by atoms with van der Waals surface area (Å²) < 4.78 is 26.9. The molecular weight excluding hydrogens is 314 g/mol. The van der Waals surface area contributed by atoms with Gasteiger partial charge in [-0.2, -0.15) is 0 Å². The van der Waals surface area contributed by atoms with E-state index in [-0.39, 0.29) is 12.1 Å². The van der Waals surface area contributed by atoms with Gasteiger partial charge in [0.2, 0.25) is 5.91 Å². The third kappa shape index (κ3) is 2.87. The molecule has 6 heteroatoms. The van der Waals surface area contributed by atoms with E-state index < -0.39 is 29.5 Å². The van der Waals surface area contributed by atoms with Gasteiger partial charge in [-0.1, -0.05) is 17.7 Å². The summed E-state index contributed by atoms with van der Waals surface area (Å²) >= 11 is 0. The molecular formula is C18H16F2N2O2. The van der Waals surface area contributed by atoms with Crippen molar-refractivity contribution in [1.82, 2.24) is 0 Å². The van der Waals surface area contributed by atoms with Gasteiger partial charge in [0.25, 0.3) is 5.91 Å². The molecule has 1 aliphatic rings. The van der Waals surface area contributed by atoms with Gasteiger partial charge in [0.15, 0.2) is 0 Å². The van der Waals surface area contributed by atoms with Crippen molar-refractivity contribution >= 4 is 23.2 Å². The zero-order valence-corrected chi connectivity index (χ0v) is 13.3. The summed E-state index contributed by atoms with van der Waals surface area (Å²) in [6.07, 6.45) is -0.0804. The number of rotatable bonds is 3. The minimum absolute atomic E-state index is 0.0804. The maximum atomic E-state index is 13.9. The number of nitrogens with one attached hydrogen (secondary N) is 1. The van der Waals surface area contributed by atoms with E-state index in [9.17, 15) is 18.4 Å². The van der Waals surface area contributed by atoms with Crippen LogP contribution >= 0.6 is 0 Å². The van der Waals surface area contributed by atoms with Crippen LogP contribution in [0.25, 0.3) is 0 Å². The fourth-order valence-electron chi connectivity index (χ4n) is 2.82. The second-order valence-electron chi connectivity index (χ2n) is 5.88. The molecule has 1 unspecified atom stereocenters. The van der Waals surface area contributed by atoms with Gasteiger partial charge in [0.1, 0.15) is 17.7 Å². The summed E-state index contributed by atoms with van der Waals surface area (Å²) in [5.41, 5.74) is 2.55. The SMILES string of the molecule is Cc1ccc(NC2CC(=O)N(c3ccc(F)cc3F)C2=O)c(C)c1. The molecule has 0 aliphatic carbocycles. The predicted octanol–water partition coefficient (Wildman–Crippen LogP) is 3.33. The number of carbonyl (C=O) groups is 2. The third-order valence-corrected chi connectivity index (χ3v) is 4.01. The van der Waals surface area contributed by atoms with Gasteiger partial charge in [-0.15, -0.1) is 0 Å². The first-order chi connectivity index (χ1) is 11.4. The number of halogens is 2. The van der Waals surface area contributed by atoms with E-state index in [0.29, 0.717) is 6.07 Å². The van der Waals surface area contributed by atoms with Gasteiger partial charge in [-0.05, 0) is 37.6 Å². The largest absolute Gasteiger partial charge is 0.373 e. The molecule has 0 saturated carbocycles. The fraction of sp³-hybridized carbons (Fsp3) is 0.222. The van der Waals surface area contributed by atoms with E-state index in [1.807, 2.05) is 32.0 Å². The molecule has 2 aromatic carbocycles. The number of amides is 2.